The number of likely N-dealkylation sites (N-methyl/N-ethyl adjacent to an activating group) is 1. The second-order valence-corrected chi connectivity index (χ2v) is 4.39. The Bertz CT molecular complexity index is 334. The Labute approximate surface area is 108 Å². The molecule has 1 atom stereocenters. The van der Waals surface area contributed by atoms with E-state index in [0.717, 1.165) is 13.1 Å². The monoisotopic (exact) mass is 258 g/mol. The van der Waals surface area contributed by atoms with Gasteiger partial charge in [0.25, 0.3) is 0 Å². The van der Waals surface area contributed by atoms with Crippen molar-refractivity contribution in [3.63, 3.8) is 0 Å². The molecule has 2 rings (SSSR count). The predicted molar refractivity (Wildman–Crippen MR) is 68.8 cm³/mol. The molecule has 0 bridgehead atoms. The van der Waals surface area contributed by atoms with E-state index in [1.165, 1.54) is 19.1 Å². The highest BCUT2D eigenvalue weighted by atomic mass is 35.5. The summed E-state index contributed by atoms with van der Waals surface area (Å²) in [6.45, 7) is 2.45. The highest BCUT2D eigenvalue weighted by Crippen LogP contribution is 2.07. The van der Waals surface area contributed by atoms with Crippen LogP contribution in [-0.4, -0.2) is 43.4 Å². The molecule has 96 valence electrons. The Morgan fingerprint density at radius 3 is 3.06 bits per heavy atom. The van der Waals surface area contributed by atoms with Crippen molar-refractivity contribution in [3.8, 4) is 0 Å². The highest BCUT2D eigenvalue weighted by Gasteiger charge is 2.18. The molecule has 0 spiro atoms. The molecular formula is C12H19ClN2O2. The van der Waals surface area contributed by atoms with Crippen LogP contribution in [0.25, 0.3) is 0 Å². The third-order valence-corrected chi connectivity index (χ3v) is 2.90. The minimum Gasteiger partial charge on any atom is -0.461 e. The fourth-order valence-corrected chi connectivity index (χ4v) is 2.11. The lowest BCUT2D eigenvalue weighted by molar-refractivity contribution is 0.0915. The molecule has 0 aliphatic carbocycles. The molecule has 5 heteroatoms. The molecule has 0 amide bonds. The standard InChI is InChI=1S/C12H18N2O2.ClH/c1-14(8-10-4-2-6-13-10)9-11(15)12-5-3-7-16-12;/h3,5,7,10,13H,2,4,6,8-9H2,1H3;1H. The van der Waals surface area contributed by atoms with Gasteiger partial charge in [-0.15, -0.1) is 12.4 Å². The van der Waals surface area contributed by atoms with Gasteiger partial charge in [-0.1, -0.05) is 0 Å². The smallest absolute Gasteiger partial charge is 0.211 e. The van der Waals surface area contributed by atoms with E-state index in [1.807, 2.05) is 11.9 Å². The van der Waals surface area contributed by atoms with Crippen molar-refractivity contribution in [2.45, 2.75) is 18.9 Å². The number of halogens is 1. The molecule has 0 saturated carbocycles. The molecule has 17 heavy (non-hydrogen) atoms. The summed E-state index contributed by atoms with van der Waals surface area (Å²) in [5.41, 5.74) is 0. The number of furan rings is 1. The lowest BCUT2D eigenvalue weighted by Crippen LogP contribution is -2.37. The fraction of sp³-hybridized carbons (Fsp3) is 0.583. The zero-order chi connectivity index (χ0) is 11.4. The molecule has 1 aromatic heterocycles. The van der Waals surface area contributed by atoms with Gasteiger partial charge < -0.3 is 9.73 Å². The van der Waals surface area contributed by atoms with E-state index in [9.17, 15) is 4.79 Å². The molecule has 0 aromatic carbocycles. The van der Waals surface area contributed by atoms with E-state index in [4.69, 9.17) is 4.42 Å². The van der Waals surface area contributed by atoms with Gasteiger partial charge in [0.05, 0.1) is 12.8 Å². The second kappa shape index (κ2) is 6.79. The molecule has 4 nitrogen and oxygen atoms in total. The van der Waals surface area contributed by atoms with Crippen LogP contribution >= 0.6 is 12.4 Å². The maximum atomic E-state index is 11.7. The number of carbonyl (C=O) groups is 1. The first-order chi connectivity index (χ1) is 7.75. The molecule has 1 aliphatic rings. The van der Waals surface area contributed by atoms with Gasteiger partial charge in [0.1, 0.15) is 0 Å². The summed E-state index contributed by atoms with van der Waals surface area (Å²) >= 11 is 0. The van der Waals surface area contributed by atoms with E-state index in [2.05, 4.69) is 5.32 Å². The fourth-order valence-electron chi connectivity index (χ4n) is 2.11. The minimum atomic E-state index is 0. The predicted octanol–water partition coefficient (Wildman–Crippen LogP) is 1.57. The topological polar surface area (TPSA) is 45.5 Å². The normalized spacial score (nSPS) is 19.3. The van der Waals surface area contributed by atoms with Crippen LogP contribution in [0.2, 0.25) is 0 Å². The first-order valence-corrected chi connectivity index (χ1v) is 5.74. The summed E-state index contributed by atoms with van der Waals surface area (Å²) in [5.74, 6) is 0.497. The largest absolute Gasteiger partial charge is 0.461 e. The molecule has 2 heterocycles. The van der Waals surface area contributed by atoms with Crippen molar-refractivity contribution in [2.24, 2.45) is 0 Å². The highest BCUT2D eigenvalue weighted by molar-refractivity contribution is 5.94. The van der Waals surface area contributed by atoms with E-state index < -0.39 is 0 Å². The van der Waals surface area contributed by atoms with Crippen LogP contribution in [0.1, 0.15) is 23.4 Å². The third-order valence-electron chi connectivity index (χ3n) is 2.90. The average Bonchev–Trinajstić information content (AvgIpc) is 2.88. The molecule has 1 aliphatic heterocycles. The molecular weight excluding hydrogens is 240 g/mol. The van der Waals surface area contributed by atoms with Gasteiger partial charge in [-0.2, -0.15) is 0 Å². The van der Waals surface area contributed by atoms with Gasteiger partial charge in [-0.05, 0) is 38.6 Å². The number of nitrogens with one attached hydrogen (secondary N) is 1. The Morgan fingerprint density at radius 1 is 1.65 bits per heavy atom. The van der Waals surface area contributed by atoms with Crippen LogP contribution in [0.15, 0.2) is 22.8 Å². The van der Waals surface area contributed by atoms with Crippen LogP contribution < -0.4 is 5.32 Å². The van der Waals surface area contributed by atoms with Crippen molar-refractivity contribution in [2.75, 3.05) is 26.7 Å². The van der Waals surface area contributed by atoms with Gasteiger partial charge >= 0.3 is 0 Å². The lowest BCUT2D eigenvalue weighted by Gasteiger charge is -2.19. The maximum absolute atomic E-state index is 11.7. The van der Waals surface area contributed by atoms with Gasteiger partial charge in [-0.25, -0.2) is 0 Å². The van der Waals surface area contributed by atoms with Gasteiger partial charge in [0.2, 0.25) is 5.78 Å². The lowest BCUT2D eigenvalue weighted by atomic mass is 10.2. The van der Waals surface area contributed by atoms with Crippen molar-refractivity contribution in [3.05, 3.63) is 24.2 Å². The molecule has 1 saturated heterocycles. The minimum absolute atomic E-state index is 0. The number of hydrogen-bond acceptors (Lipinski definition) is 4. The quantitative estimate of drug-likeness (QED) is 0.815. The first kappa shape index (κ1) is 14.2. The number of carbonyl (C=O) groups excluding carboxylic acids is 1. The third kappa shape index (κ3) is 4.15. The van der Waals surface area contributed by atoms with Gasteiger partial charge in [0.15, 0.2) is 5.76 Å². The van der Waals surface area contributed by atoms with E-state index >= 15 is 0 Å². The summed E-state index contributed by atoms with van der Waals surface area (Å²) in [6, 6.07) is 3.99. The van der Waals surface area contributed by atoms with Crippen LogP contribution in [-0.2, 0) is 0 Å². The second-order valence-electron chi connectivity index (χ2n) is 4.39. The molecule has 0 radical (unpaired) electrons. The number of rotatable bonds is 5. The summed E-state index contributed by atoms with van der Waals surface area (Å²) < 4.78 is 5.07. The van der Waals surface area contributed by atoms with Crippen molar-refractivity contribution < 1.29 is 9.21 Å². The average molecular weight is 259 g/mol. The summed E-state index contributed by atoms with van der Waals surface area (Å²) in [7, 11) is 1.97. The van der Waals surface area contributed by atoms with E-state index in [0.29, 0.717) is 18.3 Å². The number of nitrogens with zero attached hydrogens (tertiary/aromatic N) is 1. The van der Waals surface area contributed by atoms with Crippen molar-refractivity contribution in [1.82, 2.24) is 10.2 Å². The summed E-state index contributed by atoms with van der Waals surface area (Å²) in [5, 5.41) is 3.42. The Hall–Kier alpha value is -0.840. The molecule has 1 N–H and O–H groups in total. The number of hydrogen-bond donors (Lipinski definition) is 1. The number of Topliss-reactive ketones (excluding diaryl/α,β-unsaturated/α-hetero) is 1. The van der Waals surface area contributed by atoms with Crippen LogP contribution in [0.4, 0.5) is 0 Å². The van der Waals surface area contributed by atoms with Crippen LogP contribution in [0.3, 0.4) is 0 Å². The van der Waals surface area contributed by atoms with E-state index in [-0.39, 0.29) is 18.2 Å². The van der Waals surface area contributed by atoms with Crippen molar-refractivity contribution in [1.29, 1.82) is 0 Å². The molecule has 1 fully saturated rings. The van der Waals surface area contributed by atoms with Crippen molar-refractivity contribution >= 4 is 18.2 Å². The summed E-state index contributed by atoms with van der Waals surface area (Å²) in [6.07, 6.45) is 3.98. The zero-order valence-corrected chi connectivity index (χ0v) is 10.8. The summed E-state index contributed by atoms with van der Waals surface area (Å²) in [4.78, 5) is 13.8. The molecule has 1 unspecified atom stereocenters. The first-order valence-electron chi connectivity index (χ1n) is 5.74. The van der Waals surface area contributed by atoms with E-state index in [1.54, 1.807) is 12.1 Å². The van der Waals surface area contributed by atoms with Crippen LogP contribution in [0.5, 0.6) is 0 Å². The van der Waals surface area contributed by atoms with Crippen LogP contribution in [0, 0.1) is 0 Å². The number of ketones is 1. The van der Waals surface area contributed by atoms with Gasteiger partial charge in [-0.3, -0.25) is 9.69 Å². The molecule has 1 aromatic rings. The maximum Gasteiger partial charge on any atom is 0.211 e. The Balaban J connectivity index is 0.00000144. The van der Waals surface area contributed by atoms with Gasteiger partial charge in [0, 0.05) is 12.6 Å². The Kier molecular flexibility index (Phi) is 5.68. The zero-order valence-electron chi connectivity index (χ0n) is 10.0. The Morgan fingerprint density at radius 2 is 2.47 bits per heavy atom. The SMILES string of the molecule is CN(CC(=O)c1ccco1)CC1CCCN1.Cl.